The van der Waals surface area contributed by atoms with Gasteiger partial charge in [0, 0.05) is 43.8 Å². The number of nitrogens with zero attached hydrogens (tertiary/aromatic N) is 3. The molecular formula is C18H21F3N4. The van der Waals surface area contributed by atoms with Gasteiger partial charge in [-0.1, -0.05) is 0 Å². The molecule has 0 saturated carbocycles. The lowest BCUT2D eigenvalue weighted by Gasteiger charge is -2.35. The number of alkyl halides is 3. The predicted molar refractivity (Wildman–Crippen MR) is 90.3 cm³/mol. The number of halogens is 3. The maximum absolute atomic E-state index is 12.9. The molecule has 1 N–H and O–H groups in total. The molecule has 2 aromatic rings. The van der Waals surface area contributed by atoms with Crippen LogP contribution in [-0.2, 0) is 12.7 Å². The maximum Gasteiger partial charge on any atom is 0.417 e. The van der Waals surface area contributed by atoms with Crippen molar-refractivity contribution in [1.29, 1.82) is 0 Å². The SMILES string of the molecule is Cc1cc(CNC2CCCN(c3cncc(C(F)(F)F)c3)C2)ccn1. The highest BCUT2D eigenvalue weighted by atomic mass is 19.4. The molecule has 0 spiro atoms. The lowest BCUT2D eigenvalue weighted by atomic mass is 10.0. The summed E-state index contributed by atoms with van der Waals surface area (Å²) in [4.78, 5) is 9.92. The van der Waals surface area contributed by atoms with Gasteiger partial charge in [0.05, 0.1) is 17.4 Å². The first-order valence-electron chi connectivity index (χ1n) is 8.34. The van der Waals surface area contributed by atoms with E-state index in [1.807, 2.05) is 24.0 Å². The molecule has 1 atom stereocenters. The first-order chi connectivity index (χ1) is 11.9. The minimum Gasteiger partial charge on any atom is -0.369 e. The number of nitrogens with one attached hydrogen (secondary N) is 1. The summed E-state index contributed by atoms with van der Waals surface area (Å²) in [6, 6.07) is 5.42. The van der Waals surface area contributed by atoms with Crippen LogP contribution in [0.15, 0.2) is 36.8 Å². The number of pyridine rings is 2. The molecule has 0 bridgehead atoms. The Balaban J connectivity index is 1.63. The van der Waals surface area contributed by atoms with Gasteiger partial charge in [0.2, 0.25) is 0 Å². The summed E-state index contributed by atoms with van der Waals surface area (Å²) in [5.74, 6) is 0. The normalized spacial score (nSPS) is 18.4. The van der Waals surface area contributed by atoms with Crippen LogP contribution in [-0.4, -0.2) is 29.1 Å². The van der Waals surface area contributed by atoms with Crippen molar-refractivity contribution in [2.45, 2.75) is 38.5 Å². The van der Waals surface area contributed by atoms with Crippen molar-refractivity contribution < 1.29 is 13.2 Å². The highest BCUT2D eigenvalue weighted by Gasteiger charge is 2.32. The summed E-state index contributed by atoms with van der Waals surface area (Å²) >= 11 is 0. The van der Waals surface area contributed by atoms with Gasteiger partial charge in [-0.2, -0.15) is 13.2 Å². The topological polar surface area (TPSA) is 41.0 Å². The molecule has 0 radical (unpaired) electrons. The Morgan fingerprint density at radius 3 is 2.88 bits per heavy atom. The van der Waals surface area contributed by atoms with Crippen molar-refractivity contribution in [2.24, 2.45) is 0 Å². The fourth-order valence-electron chi connectivity index (χ4n) is 3.11. The molecule has 0 aliphatic carbocycles. The Kier molecular flexibility index (Phi) is 5.22. The van der Waals surface area contributed by atoms with Crippen LogP contribution in [0.2, 0.25) is 0 Å². The molecule has 3 heterocycles. The second kappa shape index (κ2) is 7.39. The summed E-state index contributed by atoms with van der Waals surface area (Å²) < 4.78 is 38.6. The third-order valence-electron chi connectivity index (χ3n) is 4.39. The molecule has 3 rings (SSSR count). The second-order valence-corrected chi connectivity index (χ2v) is 6.40. The average molecular weight is 350 g/mol. The summed E-state index contributed by atoms with van der Waals surface area (Å²) in [5.41, 5.74) is 1.96. The Hall–Kier alpha value is -2.15. The predicted octanol–water partition coefficient (Wildman–Crippen LogP) is 3.56. The van der Waals surface area contributed by atoms with Gasteiger partial charge in [-0.25, -0.2) is 0 Å². The van der Waals surface area contributed by atoms with E-state index in [1.54, 1.807) is 6.20 Å². The molecule has 1 unspecified atom stereocenters. The van der Waals surface area contributed by atoms with Crippen molar-refractivity contribution in [3.05, 3.63) is 53.6 Å². The molecular weight excluding hydrogens is 329 g/mol. The number of aromatic nitrogens is 2. The molecule has 4 nitrogen and oxygen atoms in total. The number of rotatable bonds is 4. The van der Waals surface area contributed by atoms with Crippen LogP contribution in [0.1, 0.15) is 29.7 Å². The van der Waals surface area contributed by atoms with E-state index in [4.69, 9.17) is 0 Å². The molecule has 134 valence electrons. The second-order valence-electron chi connectivity index (χ2n) is 6.40. The van der Waals surface area contributed by atoms with Crippen LogP contribution in [0, 0.1) is 6.92 Å². The molecule has 2 aromatic heterocycles. The smallest absolute Gasteiger partial charge is 0.369 e. The molecule has 7 heteroatoms. The minimum atomic E-state index is -4.37. The molecule has 1 fully saturated rings. The van der Waals surface area contributed by atoms with Crippen LogP contribution in [0.4, 0.5) is 18.9 Å². The van der Waals surface area contributed by atoms with Crippen LogP contribution in [0.3, 0.4) is 0 Å². The van der Waals surface area contributed by atoms with Gasteiger partial charge < -0.3 is 10.2 Å². The first-order valence-corrected chi connectivity index (χ1v) is 8.34. The largest absolute Gasteiger partial charge is 0.417 e. The van der Waals surface area contributed by atoms with Gasteiger partial charge in [0.15, 0.2) is 0 Å². The molecule has 1 aliphatic heterocycles. The number of hydrogen-bond donors (Lipinski definition) is 1. The molecule has 0 amide bonds. The van der Waals surface area contributed by atoms with Crippen molar-refractivity contribution >= 4 is 5.69 Å². The zero-order valence-corrected chi connectivity index (χ0v) is 14.1. The Labute approximate surface area is 145 Å². The van der Waals surface area contributed by atoms with Crippen molar-refractivity contribution in [1.82, 2.24) is 15.3 Å². The van der Waals surface area contributed by atoms with Crippen LogP contribution >= 0.6 is 0 Å². The van der Waals surface area contributed by atoms with Crippen molar-refractivity contribution in [3.63, 3.8) is 0 Å². The van der Waals surface area contributed by atoms with Gasteiger partial charge in [-0.15, -0.1) is 0 Å². The van der Waals surface area contributed by atoms with Gasteiger partial charge in [-0.05, 0) is 43.5 Å². The molecule has 0 aromatic carbocycles. The van der Waals surface area contributed by atoms with Gasteiger partial charge >= 0.3 is 6.18 Å². The third kappa shape index (κ3) is 4.69. The highest BCUT2D eigenvalue weighted by molar-refractivity contribution is 5.47. The first kappa shape index (κ1) is 17.7. The standard InChI is InChI=1S/C18H21F3N4/c1-13-7-14(4-5-23-13)9-24-16-3-2-6-25(12-16)17-8-15(10-22-11-17)18(19,20)21/h4-5,7-8,10-11,16,24H,2-3,6,9,12H2,1H3. The van der Waals surface area contributed by atoms with Gasteiger partial charge in [0.25, 0.3) is 0 Å². The Morgan fingerprint density at radius 1 is 1.28 bits per heavy atom. The summed E-state index contributed by atoms with van der Waals surface area (Å²) in [6.45, 7) is 4.10. The number of anilines is 1. The Bertz CT molecular complexity index is 717. The van der Waals surface area contributed by atoms with E-state index < -0.39 is 11.7 Å². The van der Waals surface area contributed by atoms with Gasteiger partial charge in [-0.3, -0.25) is 9.97 Å². The summed E-state index contributed by atoms with van der Waals surface area (Å²) in [6.07, 6.45) is 1.73. The van der Waals surface area contributed by atoms with Crippen LogP contribution < -0.4 is 10.2 Å². The van der Waals surface area contributed by atoms with Crippen molar-refractivity contribution in [2.75, 3.05) is 18.0 Å². The van der Waals surface area contributed by atoms with Crippen LogP contribution in [0.5, 0.6) is 0 Å². The number of aryl methyl sites for hydroxylation is 1. The van der Waals surface area contributed by atoms with Gasteiger partial charge in [0.1, 0.15) is 0 Å². The zero-order valence-electron chi connectivity index (χ0n) is 14.1. The zero-order chi connectivity index (χ0) is 17.9. The van der Waals surface area contributed by atoms with E-state index in [0.717, 1.165) is 43.4 Å². The lowest BCUT2D eigenvalue weighted by molar-refractivity contribution is -0.137. The highest BCUT2D eigenvalue weighted by Crippen LogP contribution is 2.31. The van der Waals surface area contributed by atoms with Crippen molar-refractivity contribution in [3.8, 4) is 0 Å². The average Bonchev–Trinajstić information content (AvgIpc) is 2.60. The van der Waals surface area contributed by atoms with Crippen LogP contribution in [0.25, 0.3) is 0 Å². The van der Waals surface area contributed by atoms with E-state index >= 15 is 0 Å². The number of hydrogen-bond acceptors (Lipinski definition) is 4. The maximum atomic E-state index is 12.9. The summed E-state index contributed by atoms with van der Waals surface area (Å²) in [5, 5.41) is 3.50. The summed E-state index contributed by atoms with van der Waals surface area (Å²) in [7, 11) is 0. The monoisotopic (exact) mass is 350 g/mol. The fraction of sp³-hybridized carbons (Fsp3) is 0.444. The van der Waals surface area contributed by atoms with E-state index in [9.17, 15) is 13.2 Å². The number of piperidine rings is 1. The van der Waals surface area contributed by atoms with E-state index in [2.05, 4.69) is 15.3 Å². The quantitative estimate of drug-likeness (QED) is 0.915. The van der Waals surface area contributed by atoms with E-state index in [1.165, 1.54) is 12.3 Å². The lowest BCUT2D eigenvalue weighted by Crippen LogP contribution is -2.45. The molecule has 1 saturated heterocycles. The van der Waals surface area contributed by atoms with E-state index in [-0.39, 0.29) is 6.04 Å². The minimum absolute atomic E-state index is 0.233. The van der Waals surface area contributed by atoms with E-state index in [0.29, 0.717) is 12.2 Å². The Morgan fingerprint density at radius 2 is 2.12 bits per heavy atom. The molecule has 1 aliphatic rings. The fourth-order valence-corrected chi connectivity index (χ4v) is 3.11. The third-order valence-corrected chi connectivity index (χ3v) is 4.39. The molecule has 25 heavy (non-hydrogen) atoms.